The lowest BCUT2D eigenvalue weighted by molar-refractivity contribution is 0.384. The molecule has 0 unspecified atom stereocenters. The van der Waals surface area contributed by atoms with E-state index in [1.165, 1.54) is 0 Å². The Kier molecular flexibility index (Phi) is 4.88. The van der Waals surface area contributed by atoms with E-state index in [1.807, 2.05) is 43.3 Å². The van der Waals surface area contributed by atoms with Crippen molar-refractivity contribution < 1.29 is 8.42 Å². The molecule has 0 bridgehead atoms. The molecule has 2 heterocycles. The molecule has 1 aromatic heterocycles. The topological polar surface area (TPSA) is 66.4 Å². The SMILES string of the molecule is Cc1ccc(S(=O)(=O)N2CCN(c3nc(Br)nc4ccccc34)CC2)cc1. The number of piperazine rings is 1. The third kappa shape index (κ3) is 3.56. The van der Waals surface area contributed by atoms with E-state index in [1.54, 1.807) is 16.4 Å². The molecular formula is C19H19BrN4O2S. The number of fused-ring (bicyclic) bond motifs is 1. The van der Waals surface area contributed by atoms with Gasteiger partial charge in [-0.2, -0.15) is 4.31 Å². The Hall–Kier alpha value is -2.03. The second kappa shape index (κ2) is 7.18. The van der Waals surface area contributed by atoms with Gasteiger partial charge in [-0.05, 0) is 47.1 Å². The van der Waals surface area contributed by atoms with E-state index in [0.29, 0.717) is 35.8 Å². The van der Waals surface area contributed by atoms with Crippen molar-refractivity contribution in [3.8, 4) is 0 Å². The highest BCUT2D eigenvalue weighted by molar-refractivity contribution is 9.10. The first-order valence-corrected chi connectivity index (χ1v) is 10.9. The van der Waals surface area contributed by atoms with Crippen LogP contribution < -0.4 is 4.90 Å². The van der Waals surface area contributed by atoms with E-state index < -0.39 is 10.0 Å². The lowest BCUT2D eigenvalue weighted by Crippen LogP contribution is -2.49. The van der Waals surface area contributed by atoms with Crippen LogP contribution in [0.4, 0.5) is 5.82 Å². The molecule has 4 rings (SSSR count). The standard InChI is InChI=1S/C19H19BrN4O2S/c1-14-6-8-15(9-7-14)27(25,26)24-12-10-23(11-13-24)18-16-4-2-3-5-17(16)21-19(20)22-18/h2-9H,10-13H2,1H3. The summed E-state index contributed by atoms with van der Waals surface area (Å²) in [6, 6.07) is 14.8. The number of nitrogens with zero attached hydrogens (tertiary/aromatic N) is 4. The van der Waals surface area contributed by atoms with Crippen LogP contribution in [-0.2, 0) is 10.0 Å². The third-order valence-electron chi connectivity index (χ3n) is 4.75. The highest BCUT2D eigenvalue weighted by Gasteiger charge is 2.29. The quantitative estimate of drug-likeness (QED) is 0.577. The molecule has 0 aliphatic carbocycles. The van der Waals surface area contributed by atoms with E-state index in [-0.39, 0.29) is 0 Å². The molecular weight excluding hydrogens is 428 g/mol. The average Bonchev–Trinajstić information content (AvgIpc) is 2.68. The molecule has 27 heavy (non-hydrogen) atoms. The van der Waals surface area contributed by atoms with Crippen LogP contribution in [0.3, 0.4) is 0 Å². The minimum absolute atomic E-state index is 0.344. The number of aromatic nitrogens is 2. The fourth-order valence-corrected chi connectivity index (χ4v) is 5.05. The summed E-state index contributed by atoms with van der Waals surface area (Å²) in [6.45, 7) is 3.95. The Labute approximate surface area is 167 Å². The number of para-hydroxylation sites is 1. The van der Waals surface area contributed by atoms with Gasteiger partial charge in [0.05, 0.1) is 10.4 Å². The van der Waals surface area contributed by atoms with Crippen LogP contribution in [-0.4, -0.2) is 48.9 Å². The number of hydrogen-bond acceptors (Lipinski definition) is 5. The Morgan fingerprint density at radius 2 is 1.59 bits per heavy atom. The predicted molar refractivity (Wildman–Crippen MR) is 109 cm³/mol. The lowest BCUT2D eigenvalue weighted by atomic mass is 10.2. The molecule has 3 aromatic rings. The molecule has 1 aliphatic rings. The smallest absolute Gasteiger partial charge is 0.243 e. The van der Waals surface area contributed by atoms with Crippen LogP contribution >= 0.6 is 15.9 Å². The molecule has 140 valence electrons. The number of benzene rings is 2. The monoisotopic (exact) mass is 446 g/mol. The molecule has 0 saturated carbocycles. The van der Waals surface area contributed by atoms with E-state index in [9.17, 15) is 8.42 Å². The number of aryl methyl sites for hydroxylation is 1. The first-order valence-electron chi connectivity index (χ1n) is 8.69. The van der Waals surface area contributed by atoms with Crippen molar-refractivity contribution in [3.63, 3.8) is 0 Å². The zero-order valence-electron chi connectivity index (χ0n) is 14.8. The summed E-state index contributed by atoms with van der Waals surface area (Å²) in [5.74, 6) is 0.833. The zero-order valence-corrected chi connectivity index (χ0v) is 17.2. The summed E-state index contributed by atoms with van der Waals surface area (Å²) >= 11 is 3.37. The summed E-state index contributed by atoms with van der Waals surface area (Å²) in [5, 5.41) is 0.968. The van der Waals surface area contributed by atoms with Crippen molar-refractivity contribution >= 4 is 42.7 Å². The van der Waals surface area contributed by atoms with Crippen LogP contribution in [0.2, 0.25) is 0 Å². The highest BCUT2D eigenvalue weighted by atomic mass is 79.9. The van der Waals surface area contributed by atoms with Gasteiger partial charge >= 0.3 is 0 Å². The zero-order chi connectivity index (χ0) is 19.0. The van der Waals surface area contributed by atoms with Crippen LogP contribution in [0, 0.1) is 6.92 Å². The summed E-state index contributed by atoms with van der Waals surface area (Å²) in [6.07, 6.45) is 0. The van der Waals surface area contributed by atoms with E-state index in [2.05, 4.69) is 30.8 Å². The molecule has 0 amide bonds. The van der Waals surface area contributed by atoms with Crippen molar-refractivity contribution in [1.82, 2.24) is 14.3 Å². The van der Waals surface area contributed by atoms with Gasteiger partial charge in [0.1, 0.15) is 5.82 Å². The third-order valence-corrected chi connectivity index (χ3v) is 7.02. The van der Waals surface area contributed by atoms with Crippen LogP contribution in [0.25, 0.3) is 10.9 Å². The molecule has 6 nitrogen and oxygen atoms in total. The lowest BCUT2D eigenvalue weighted by Gasteiger charge is -2.35. The minimum Gasteiger partial charge on any atom is -0.353 e. The van der Waals surface area contributed by atoms with Gasteiger partial charge in [-0.3, -0.25) is 0 Å². The predicted octanol–water partition coefficient (Wildman–Crippen LogP) is 3.21. The second-order valence-electron chi connectivity index (χ2n) is 6.54. The largest absolute Gasteiger partial charge is 0.353 e. The Balaban J connectivity index is 1.57. The van der Waals surface area contributed by atoms with Gasteiger partial charge < -0.3 is 4.90 Å². The van der Waals surface area contributed by atoms with Gasteiger partial charge in [-0.15, -0.1) is 0 Å². The molecule has 0 N–H and O–H groups in total. The molecule has 1 saturated heterocycles. The van der Waals surface area contributed by atoms with Crippen molar-refractivity contribution in [2.75, 3.05) is 31.1 Å². The van der Waals surface area contributed by atoms with Crippen molar-refractivity contribution in [1.29, 1.82) is 0 Å². The minimum atomic E-state index is -3.47. The number of halogens is 1. The van der Waals surface area contributed by atoms with Gasteiger partial charge in [0.25, 0.3) is 0 Å². The maximum absolute atomic E-state index is 12.9. The Morgan fingerprint density at radius 1 is 0.926 bits per heavy atom. The Bertz CT molecular complexity index is 1080. The normalized spacial score (nSPS) is 16.0. The molecule has 1 fully saturated rings. The fourth-order valence-electron chi connectivity index (χ4n) is 3.27. The summed E-state index contributed by atoms with van der Waals surface area (Å²) < 4.78 is 27.8. The number of hydrogen-bond donors (Lipinski definition) is 0. The van der Waals surface area contributed by atoms with Gasteiger partial charge in [-0.25, -0.2) is 18.4 Å². The maximum Gasteiger partial charge on any atom is 0.243 e. The Morgan fingerprint density at radius 3 is 2.30 bits per heavy atom. The van der Waals surface area contributed by atoms with Crippen LogP contribution in [0.1, 0.15) is 5.56 Å². The number of anilines is 1. The number of rotatable bonds is 3. The van der Waals surface area contributed by atoms with E-state index in [0.717, 1.165) is 22.3 Å². The van der Waals surface area contributed by atoms with E-state index in [4.69, 9.17) is 0 Å². The summed E-state index contributed by atoms with van der Waals surface area (Å²) in [4.78, 5) is 11.4. The first-order chi connectivity index (χ1) is 12.9. The second-order valence-corrected chi connectivity index (χ2v) is 9.18. The van der Waals surface area contributed by atoms with Crippen molar-refractivity contribution in [2.24, 2.45) is 0 Å². The number of sulfonamides is 1. The van der Waals surface area contributed by atoms with Crippen molar-refractivity contribution in [3.05, 3.63) is 58.8 Å². The molecule has 1 aliphatic heterocycles. The molecule has 0 spiro atoms. The van der Waals surface area contributed by atoms with Crippen LogP contribution in [0.15, 0.2) is 58.2 Å². The summed E-state index contributed by atoms with van der Waals surface area (Å²) in [5.41, 5.74) is 1.91. The van der Waals surface area contributed by atoms with Crippen LogP contribution in [0.5, 0.6) is 0 Å². The van der Waals surface area contributed by atoms with Gasteiger partial charge in [0.15, 0.2) is 4.73 Å². The fraction of sp³-hybridized carbons (Fsp3) is 0.263. The van der Waals surface area contributed by atoms with Gasteiger partial charge in [-0.1, -0.05) is 29.8 Å². The molecule has 8 heteroatoms. The summed E-state index contributed by atoms with van der Waals surface area (Å²) in [7, 11) is -3.47. The van der Waals surface area contributed by atoms with Gasteiger partial charge in [0.2, 0.25) is 10.0 Å². The molecule has 2 aromatic carbocycles. The van der Waals surface area contributed by atoms with E-state index >= 15 is 0 Å². The van der Waals surface area contributed by atoms with Crippen molar-refractivity contribution in [2.45, 2.75) is 11.8 Å². The highest BCUT2D eigenvalue weighted by Crippen LogP contribution is 2.27. The molecule has 0 radical (unpaired) electrons. The first kappa shape index (κ1) is 18.3. The average molecular weight is 447 g/mol. The maximum atomic E-state index is 12.9. The van der Waals surface area contributed by atoms with Gasteiger partial charge in [0, 0.05) is 31.6 Å². The molecule has 0 atom stereocenters.